The molecule has 1 rings (SSSR count). The van der Waals surface area contributed by atoms with Crippen molar-refractivity contribution in [2.75, 3.05) is 13.1 Å². The van der Waals surface area contributed by atoms with Crippen LogP contribution in [0.25, 0.3) is 0 Å². The third-order valence-corrected chi connectivity index (χ3v) is 1.35. The molecule has 0 fully saturated rings. The standard InChI is InChI=1S/C6H6O2.C4H11N/c7-5-1-2-6(8)4-3-5;1-3-5-4-2/h1-4,7-8H;5H,3-4H2,1-2H3. The zero-order chi connectivity index (χ0) is 10.1. The van der Waals surface area contributed by atoms with Gasteiger partial charge in [-0.15, -0.1) is 0 Å². The first-order valence-electron chi connectivity index (χ1n) is 4.39. The lowest BCUT2D eigenvalue weighted by Crippen LogP contribution is -2.09. The van der Waals surface area contributed by atoms with Gasteiger partial charge in [-0.05, 0) is 37.4 Å². The normalized spacial score (nSPS) is 8.77. The minimum Gasteiger partial charge on any atom is -0.508 e. The van der Waals surface area contributed by atoms with E-state index in [9.17, 15) is 0 Å². The second-order valence-corrected chi connectivity index (χ2v) is 2.47. The molecule has 1 aromatic carbocycles. The number of hydrogen-bond donors (Lipinski definition) is 3. The van der Waals surface area contributed by atoms with E-state index in [1.54, 1.807) is 0 Å². The van der Waals surface area contributed by atoms with Gasteiger partial charge >= 0.3 is 0 Å². The lowest BCUT2D eigenvalue weighted by Gasteiger charge is -1.88. The molecule has 3 heteroatoms. The van der Waals surface area contributed by atoms with Gasteiger partial charge in [-0.2, -0.15) is 0 Å². The van der Waals surface area contributed by atoms with Crippen LogP contribution in [0.3, 0.4) is 0 Å². The van der Waals surface area contributed by atoms with Gasteiger partial charge in [0.25, 0.3) is 0 Å². The average molecular weight is 183 g/mol. The van der Waals surface area contributed by atoms with Crippen molar-refractivity contribution in [1.82, 2.24) is 5.32 Å². The first-order chi connectivity index (χ1) is 6.20. The van der Waals surface area contributed by atoms with Crippen molar-refractivity contribution in [3.05, 3.63) is 24.3 Å². The molecule has 3 N–H and O–H groups in total. The Kier molecular flexibility index (Phi) is 6.73. The maximum absolute atomic E-state index is 8.65. The summed E-state index contributed by atoms with van der Waals surface area (Å²) in [5.41, 5.74) is 0. The molecule has 0 aromatic heterocycles. The van der Waals surface area contributed by atoms with E-state index in [1.165, 1.54) is 24.3 Å². The average Bonchev–Trinajstić information content (AvgIpc) is 2.13. The molecule has 74 valence electrons. The van der Waals surface area contributed by atoms with Gasteiger partial charge < -0.3 is 15.5 Å². The lowest BCUT2D eigenvalue weighted by molar-refractivity contribution is 0.460. The predicted molar refractivity (Wildman–Crippen MR) is 54.0 cm³/mol. The molecule has 0 atom stereocenters. The molecule has 0 unspecified atom stereocenters. The fourth-order valence-electron chi connectivity index (χ4n) is 0.703. The van der Waals surface area contributed by atoms with Crippen molar-refractivity contribution in [1.29, 1.82) is 0 Å². The minimum absolute atomic E-state index is 0.169. The SMILES string of the molecule is CCNCC.Oc1ccc(O)cc1. The molecular weight excluding hydrogens is 166 g/mol. The Hall–Kier alpha value is -1.22. The molecular formula is C10H17NO2. The van der Waals surface area contributed by atoms with Crippen molar-refractivity contribution in [2.24, 2.45) is 0 Å². The number of phenolic OH excluding ortho intramolecular Hbond substituents is 2. The number of phenols is 2. The minimum atomic E-state index is 0.169. The molecule has 13 heavy (non-hydrogen) atoms. The summed E-state index contributed by atoms with van der Waals surface area (Å²) in [6, 6.07) is 5.70. The van der Waals surface area contributed by atoms with Crippen LogP contribution in [-0.4, -0.2) is 23.3 Å². The smallest absolute Gasteiger partial charge is 0.115 e. The van der Waals surface area contributed by atoms with Crippen molar-refractivity contribution >= 4 is 0 Å². The summed E-state index contributed by atoms with van der Waals surface area (Å²) in [6.07, 6.45) is 0. The van der Waals surface area contributed by atoms with Gasteiger partial charge in [-0.25, -0.2) is 0 Å². The van der Waals surface area contributed by atoms with Crippen molar-refractivity contribution in [2.45, 2.75) is 13.8 Å². The second-order valence-electron chi connectivity index (χ2n) is 2.47. The number of nitrogens with one attached hydrogen (secondary N) is 1. The van der Waals surface area contributed by atoms with E-state index < -0.39 is 0 Å². The molecule has 0 bridgehead atoms. The number of aromatic hydroxyl groups is 2. The quantitative estimate of drug-likeness (QED) is 0.612. The maximum Gasteiger partial charge on any atom is 0.115 e. The van der Waals surface area contributed by atoms with Crippen molar-refractivity contribution in [3.63, 3.8) is 0 Å². The van der Waals surface area contributed by atoms with E-state index in [2.05, 4.69) is 19.2 Å². The van der Waals surface area contributed by atoms with Crippen LogP contribution < -0.4 is 5.32 Å². The highest BCUT2D eigenvalue weighted by Crippen LogP contribution is 2.13. The summed E-state index contributed by atoms with van der Waals surface area (Å²) in [5.74, 6) is 0.339. The largest absolute Gasteiger partial charge is 0.508 e. The van der Waals surface area contributed by atoms with Gasteiger partial charge in [0.05, 0.1) is 0 Å². The topological polar surface area (TPSA) is 52.5 Å². The Labute approximate surface area is 79.0 Å². The Morgan fingerprint density at radius 3 is 1.38 bits per heavy atom. The van der Waals surface area contributed by atoms with E-state index in [4.69, 9.17) is 10.2 Å². The van der Waals surface area contributed by atoms with Crippen LogP contribution >= 0.6 is 0 Å². The highest BCUT2D eigenvalue weighted by atomic mass is 16.3. The van der Waals surface area contributed by atoms with Gasteiger partial charge in [0, 0.05) is 0 Å². The first kappa shape index (κ1) is 11.8. The third kappa shape index (κ3) is 7.15. The predicted octanol–water partition coefficient (Wildman–Crippen LogP) is 1.71. The first-order valence-corrected chi connectivity index (χ1v) is 4.39. The monoisotopic (exact) mass is 183 g/mol. The maximum atomic E-state index is 8.65. The van der Waals surface area contributed by atoms with Crippen LogP contribution in [0.15, 0.2) is 24.3 Å². The molecule has 3 nitrogen and oxygen atoms in total. The molecule has 0 spiro atoms. The van der Waals surface area contributed by atoms with Crippen molar-refractivity contribution in [3.8, 4) is 11.5 Å². The zero-order valence-corrected chi connectivity index (χ0v) is 8.12. The fourth-order valence-corrected chi connectivity index (χ4v) is 0.703. The van der Waals surface area contributed by atoms with E-state index in [0.717, 1.165) is 13.1 Å². The summed E-state index contributed by atoms with van der Waals surface area (Å²) in [6.45, 7) is 6.39. The van der Waals surface area contributed by atoms with Crippen LogP contribution in [0.4, 0.5) is 0 Å². The zero-order valence-electron chi connectivity index (χ0n) is 8.12. The van der Waals surface area contributed by atoms with Gasteiger partial charge in [0.1, 0.15) is 11.5 Å². The molecule has 0 radical (unpaired) electrons. The van der Waals surface area contributed by atoms with Crippen molar-refractivity contribution < 1.29 is 10.2 Å². The number of rotatable bonds is 2. The molecule has 0 amide bonds. The van der Waals surface area contributed by atoms with Gasteiger partial charge in [-0.3, -0.25) is 0 Å². The summed E-state index contributed by atoms with van der Waals surface area (Å²) in [5, 5.41) is 20.4. The van der Waals surface area contributed by atoms with Crippen LogP contribution in [0, 0.1) is 0 Å². The van der Waals surface area contributed by atoms with Crippen LogP contribution in [-0.2, 0) is 0 Å². The highest BCUT2D eigenvalue weighted by molar-refractivity contribution is 5.28. The van der Waals surface area contributed by atoms with Gasteiger partial charge in [-0.1, -0.05) is 13.8 Å². The number of hydrogen-bond acceptors (Lipinski definition) is 3. The number of benzene rings is 1. The summed E-state index contributed by atoms with van der Waals surface area (Å²) >= 11 is 0. The highest BCUT2D eigenvalue weighted by Gasteiger charge is 1.84. The van der Waals surface area contributed by atoms with Crippen LogP contribution in [0.2, 0.25) is 0 Å². The van der Waals surface area contributed by atoms with E-state index in [-0.39, 0.29) is 11.5 Å². The van der Waals surface area contributed by atoms with Gasteiger partial charge in [0.2, 0.25) is 0 Å². The van der Waals surface area contributed by atoms with Crippen LogP contribution in [0.5, 0.6) is 11.5 Å². The third-order valence-electron chi connectivity index (χ3n) is 1.35. The molecule has 0 saturated carbocycles. The summed E-state index contributed by atoms with van der Waals surface area (Å²) in [7, 11) is 0. The van der Waals surface area contributed by atoms with E-state index in [0.29, 0.717) is 0 Å². The molecule has 0 saturated heterocycles. The Bertz CT molecular complexity index is 186. The van der Waals surface area contributed by atoms with Gasteiger partial charge in [0.15, 0.2) is 0 Å². The Balaban J connectivity index is 0.000000252. The molecule has 0 aliphatic carbocycles. The molecule has 1 aromatic rings. The molecule has 0 aliphatic rings. The second kappa shape index (κ2) is 7.43. The summed E-state index contributed by atoms with van der Waals surface area (Å²) in [4.78, 5) is 0. The van der Waals surface area contributed by atoms with E-state index >= 15 is 0 Å². The Morgan fingerprint density at radius 1 is 0.923 bits per heavy atom. The van der Waals surface area contributed by atoms with E-state index in [1.807, 2.05) is 0 Å². The lowest BCUT2D eigenvalue weighted by atomic mass is 10.3. The van der Waals surface area contributed by atoms with Crippen LogP contribution in [0.1, 0.15) is 13.8 Å². The Morgan fingerprint density at radius 2 is 1.23 bits per heavy atom. The molecule has 0 heterocycles. The molecule has 0 aliphatic heterocycles. The fraction of sp³-hybridized carbons (Fsp3) is 0.400. The summed E-state index contributed by atoms with van der Waals surface area (Å²) < 4.78 is 0.